The Kier molecular flexibility index (Phi) is 5.06. The van der Waals surface area contributed by atoms with Crippen molar-refractivity contribution in [3.8, 4) is 0 Å². The van der Waals surface area contributed by atoms with E-state index < -0.39 is 10.0 Å². The predicted molar refractivity (Wildman–Crippen MR) is 91.1 cm³/mol. The lowest BCUT2D eigenvalue weighted by atomic mass is 10.0. The van der Waals surface area contributed by atoms with Crippen LogP contribution < -0.4 is 4.72 Å². The molecule has 1 atom stereocenters. The van der Waals surface area contributed by atoms with E-state index in [0.29, 0.717) is 5.69 Å². The van der Waals surface area contributed by atoms with Crippen LogP contribution in [0.15, 0.2) is 53.0 Å². The molecule has 0 aromatic heterocycles. The molecule has 3 nitrogen and oxygen atoms in total. The summed E-state index contributed by atoms with van der Waals surface area (Å²) in [5.41, 5.74) is 2.61. The van der Waals surface area contributed by atoms with Crippen molar-refractivity contribution in [1.29, 1.82) is 0 Å². The normalized spacial score (nSPS) is 12.9. The maximum Gasteiger partial charge on any atom is 0.233 e. The van der Waals surface area contributed by atoms with Gasteiger partial charge in [-0.15, -0.1) is 0 Å². The van der Waals surface area contributed by atoms with E-state index in [2.05, 4.69) is 20.7 Å². The minimum Gasteiger partial charge on any atom is -0.282 e. The van der Waals surface area contributed by atoms with Crippen LogP contribution in [0.5, 0.6) is 0 Å². The van der Waals surface area contributed by atoms with Gasteiger partial charge in [-0.2, -0.15) is 0 Å². The molecule has 0 spiro atoms. The van der Waals surface area contributed by atoms with Gasteiger partial charge in [-0.05, 0) is 52.0 Å². The summed E-state index contributed by atoms with van der Waals surface area (Å²) in [6, 6.07) is 15.2. The SMILES string of the molecule is Cc1ccc(Br)c(NS(=O)(=O)CC(C)c2ccccc2)c1. The number of aryl methyl sites for hydroxylation is 1. The van der Waals surface area contributed by atoms with Gasteiger partial charge in [0.2, 0.25) is 10.0 Å². The molecule has 112 valence electrons. The van der Waals surface area contributed by atoms with Crippen LogP contribution in [0.2, 0.25) is 0 Å². The van der Waals surface area contributed by atoms with Gasteiger partial charge in [-0.3, -0.25) is 4.72 Å². The van der Waals surface area contributed by atoms with Crippen molar-refractivity contribution in [3.63, 3.8) is 0 Å². The summed E-state index contributed by atoms with van der Waals surface area (Å²) < 4.78 is 28.0. The summed E-state index contributed by atoms with van der Waals surface area (Å²) in [5.74, 6) is -0.00973. The second kappa shape index (κ2) is 6.62. The molecule has 2 rings (SSSR count). The number of hydrogen-bond donors (Lipinski definition) is 1. The Morgan fingerprint density at radius 1 is 1.14 bits per heavy atom. The Bertz CT molecular complexity index is 714. The molecular weight excluding hydrogens is 350 g/mol. The van der Waals surface area contributed by atoms with E-state index in [1.807, 2.05) is 62.4 Å². The average Bonchev–Trinajstić information content (AvgIpc) is 2.43. The second-order valence-electron chi connectivity index (χ2n) is 5.18. The number of halogens is 1. The van der Waals surface area contributed by atoms with Gasteiger partial charge in [0.25, 0.3) is 0 Å². The third-order valence-electron chi connectivity index (χ3n) is 3.23. The highest BCUT2D eigenvalue weighted by Gasteiger charge is 2.18. The first-order chi connectivity index (χ1) is 9.87. The molecule has 0 amide bonds. The average molecular weight is 368 g/mol. The molecule has 0 aliphatic heterocycles. The van der Waals surface area contributed by atoms with Crippen LogP contribution in [0.1, 0.15) is 24.0 Å². The standard InChI is InChI=1S/C16H18BrNO2S/c1-12-8-9-15(17)16(10-12)18-21(19,20)11-13(2)14-6-4-3-5-7-14/h3-10,13,18H,11H2,1-2H3. The van der Waals surface area contributed by atoms with Crippen LogP contribution in [0, 0.1) is 6.92 Å². The minimum atomic E-state index is -3.40. The molecule has 2 aromatic carbocycles. The Balaban J connectivity index is 2.14. The fraction of sp³-hybridized carbons (Fsp3) is 0.250. The third-order valence-corrected chi connectivity index (χ3v) is 5.39. The summed E-state index contributed by atoms with van der Waals surface area (Å²) in [6.07, 6.45) is 0. The largest absolute Gasteiger partial charge is 0.282 e. The molecule has 0 saturated carbocycles. The first kappa shape index (κ1) is 16.0. The van der Waals surface area contributed by atoms with Crippen molar-refractivity contribution >= 4 is 31.6 Å². The van der Waals surface area contributed by atoms with Gasteiger partial charge >= 0.3 is 0 Å². The highest BCUT2D eigenvalue weighted by molar-refractivity contribution is 9.10. The van der Waals surface area contributed by atoms with E-state index in [4.69, 9.17) is 0 Å². The van der Waals surface area contributed by atoms with Crippen molar-refractivity contribution < 1.29 is 8.42 Å². The first-order valence-corrected chi connectivity index (χ1v) is 9.13. The van der Waals surface area contributed by atoms with Crippen molar-refractivity contribution in [3.05, 3.63) is 64.1 Å². The van der Waals surface area contributed by atoms with Gasteiger partial charge < -0.3 is 0 Å². The third kappa shape index (κ3) is 4.58. The number of anilines is 1. The Morgan fingerprint density at radius 2 is 1.81 bits per heavy atom. The van der Waals surface area contributed by atoms with E-state index in [1.54, 1.807) is 0 Å². The van der Waals surface area contributed by atoms with Crippen LogP contribution in [0.3, 0.4) is 0 Å². The lowest BCUT2D eigenvalue weighted by molar-refractivity contribution is 0.595. The van der Waals surface area contributed by atoms with Crippen LogP contribution in [-0.4, -0.2) is 14.2 Å². The van der Waals surface area contributed by atoms with Gasteiger partial charge in [0.05, 0.1) is 11.4 Å². The van der Waals surface area contributed by atoms with E-state index in [9.17, 15) is 8.42 Å². The quantitative estimate of drug-likeness (QED) is 0.855. The molecule has 5 heteroatoms. The van der Waals surface area contributed by atoms with Crippen LogP contribution in [0.25, 0.3) is 0 Å². The molecule has 0 heterocycles. The molecule has 0 radical (unpaired) electrons. The Labute approximate surface area is 134 Å². The molecule has 0 aliphatic carbocycles. The fourth-order valence-electron chi connectivity index (χ4n) is 2.13. The zero-order valence-corrected chi connectivity index (χ0v) is 14.4. The zero-order chi connectivity index (χ0) is 15.5. The van der Waals surface area contributed by atoms with Crippen molar-refractivity contribution in [2.75, 3.05) is 10.5 Å². The molecule has 21 heavy (non-hydrogen) atoms. The number of rotatable bonds is 5. The molecule has 1 unspecified atom stereocenters. The Hall–Kier alpha value is -1.33. The molecule has 0 bridgehead atoms. The molecule has 0 saturated heterocycles. The number of benzene rings is 2. The predicted octanol–water partition coefficient (Wildman–Crippen LogP) is 4.30. The van der Waals surface area contributed by atoms with Crippen molar-refractivity contribution in [1.82, 2.24) is 0 Å². The highest BCUT2D eigenvalue weighted by Crippen LogP contribution is 2.25. The number of nitrogens with one attached hydrogen (secondary N) is 1. The smallest absolute Gasteiger partial charge is 0.233 e. The summed E-state index contributed by atoms with van der Waals surface area (Å²) >= 11 is 3.37. The van der Waals surface area contributed by atoms with Gasteiger partial charge in [-0.25, -0.2) is 8.42 Å². The maximum absolute atomic E-state index is 12.3. The molecule has 0 fully saturated rings. The maximum atomic E-state index is 12.3. The van der Waals surface area contributed by atoms with Gasteiger partial charge in [0.15, 0.2) is 0 Å². The van der Waals surface area contributed by atoms with Gasteiger partial charge in [0, 0.05) is 4.47 Å². The number of sulfonamides is 1. The van der Waals surface area contributed by atoms with Crippen LogP contribution in [0.4, 0.5) is 5.69 Å². The number of hydrogen-bond acceptors (Lipinski definition) is 2. The zero-order valence-electron chi connectivity index (χ0n) is 12.0. The van der Waals surface area contributed by atoms with Crippen molar-refractivity contribution in [2.45, 2.75) is 19.8 Å². The van der Waals surface area contributed by atoms with Crippen LogP contribution in [-0.2, 0) is 10.0 Å². The fourth-order valence-corrected chi connectivity index (χ4v) is 4.05. The van der Waals surface area contributed by atoms with Crippen molar-refractivity contribution in [2.24, 2.45) is 0 Å². The lowest BCUT2D eigenvalue weighted by Gasteiger charge is -2.15. The summed E-state index contributed by atoms with van der Waals surface area (Å²) in [6.45, 7) is 3.84. The van der Waals surface area contributed by atoms with Gasteiger partial charge in [-0.1, -0.05) is 43.3 Å². The highest BCUT2D eigenvalue weighted by atomic mass is 79.9. The second-order valence-corrected chi connectivity index (χ2v) is 7.80. The van der Waals surface area contributed by atoms with E-state index in [0.717, 1.165) is 15.6 Å². The Morgan fingerprint density at radius 3 is 2.48 bits per heavy atom. The minimum absolute atomic E-state index is 0.0530. The topological polar surface area (TPSA) is 46.2 Å². The van der Waals surface area contributed by atoms with Crippen LogP contribution >= 0.6 is 15.9 Å². The molecule has 1 N–H and O–H groups in total. The lowest BCUT2D eigenvalue weighted by Crippen LogP contribution is -2.20. The summed E-state index contributed by atoms with van der Waals surface area (Å²) in [5, 5.41) is 0. The summed E-state index contributed by atoms with van der Waals surface area (Å²) in [4.78, 5) is 0. The van der Waals surface area contributed by atoms with E-state index in [-0.39, 0.29) is 11.7 Å². The molecule has 2 aromatic rings. The van der Waals surface area contributed by atoms with Gasteiger partial charge in [0.1, 0.15) is 0 Å². The van der Waals surface area contributed by atoms with E-state index in [1.165, 1.54) is 0 Å². The first-order valence-electron chi connectivity index (χ1n) is 6.69. The monoisotopic (exact) mass is 367 g/mol. The molecular formula is C16H18BrNO2S. The molecule has 0 aliphatic rings. The summed E-state index contributed by atoms with van der Waals surface area (Å²) in [7, 11) is -3.40. The van der Waals surface area contributed by atoms with E-state index >= 15 is 0 Å².